The molecule has 4 aliphatic rings. The number of likely N-dealkylation sites (tertiary alicyclic amines) is 1. The van der Waals surface area contributed by atoms with Crippen LogP contribution in [0.3, 0.4) is 0 Å². The number of benzene rings is 1. The van der Waals surface area contributed by atoms with Crippen LogP contribution in [0.5, 0.6) is 11.5 Å². The lowest BCUT2D eigenvalue weighted by molar-refractivity contribution is 0.0730. The second-order valence-corrected chi connectivity index (χ2v) is 9.21. The van der Waals surface area contributed by atoms with E-state index in [0.717, 1.165) is 43.1 Å². The van der Waals surface area contributed by atoms with Crippen molar-refractivity contribution in [2.45, 2.75) is 39.5 Å². The third kappa shape index (κ3) is 3.51. The lowest BCUT2D eigenvalue weighted by Crippen LogP contribution is -2.44. The van der Waals surface area contributed by atoms with Gasteiger partial charge in [-0.1, -0.05) is 0 Å². The Kier molecular flexibility index (Phi) is 4.85. The Labute approximate surface area is 177 Å². The van der Waals surface area contributed by atoms with Crippen molar-refractivity contribution in [3.63, 3.8) is 0 Å². The van der Waals surface area contributed by atoms with Gasteiger partial charge in [-0.3, -0.25) is 4.79 Å². The Morgan fingerprint density at radius 3 is 2.67 bits per heavy atom. The van der Waals surface area contributed by atoms with Gasteiger partial charge in [0.2, 0.25) is 6.79 Å². The highest BCUT2D eigenvalue weighted by molar-refractivity contribution is 5.96. The van der Waals surface area contributed by atoms with E-state index in [1.165, 1.54) is 26.3 Å². The van der Waals surface area contributed by atoms with E-state index in [0.29, 0.717) is 23.6 Å². The van der Waals surface area contributed by atoms with E-state index >= 15 is 0 Å². The molecule has 1 saturated heterocycles. The predicted octanol–water partition coefficient (Wildman–Crippen LogP) is 4.51. The second kappa shape index (κ2) is 7.41. The highest BCUT2D eigenvalue weighted by Gasteiger charge is 2.46. The van der Waals surface area contributed by atoms with Gasteiger partial charge in [-0.2, -0.15) is 0 Å². The summed E-state index contributed by atoms with van der Waals surface area (Å²) in [5.74, 6) is 1.87. The van der Waals surface area contributed by atoms with E-state index in [9.17, 15) is 9.18 Å². The summed E-state index contributed by atoms with van der Waals surface area (Å²) in [7, 11) is 0. The van der Waals surface area contributed by atoms with Crippen molar-refractivity contribution in [3.8, 4) is 11.5 Å². The molecular formula is C24H29FN2O3. The monoisotopic (exact) mass is 412 g/mol. The van der Waals surface area contributed by atoms with Gasteiger partial charge in [-0.05, 0) is 88.4 Å². The van der Waals surface area contributed by atoms with Crippen LogP contribution in [-0.4, -0.2) is 48.7 Å². The molecule has 0 atom stereocenters. The summed E-state index contributed by atoms with van der Waals surface area (Å²) >= 11 is 0. The summed E-state index contributed by atoms with van der Waals surface area (Å²) in [6.45, 7) is 7.44. The SMILES string of the molecule is CC1=C(/C=C(\C)F)C2(CCN(CC3CC3)CC2)CN1C(=O)c1ccc2c(c1)OCO2. The summed E-state index contributed by atoms with van der Waals surface area (Å²) in [5.41, 5.74) is 2.26. The zero-order valence-electron chi connectivity index (χ0n) is 17.7. The summed E-state index contributed by atoms with van der Waals surface area (Å²) in [5, 5.41) is 0. The fraction of sp³-hybridized carbons (Fsp3) is 0.542. The number of allylic oxidation sites excluding steroid dienone is 3. The fourth-order valence-electron chi connectivity index (χ4n) is 5.16. The predicted molar refractivity (Wildman–Crippen MR) is 112 cm³/mol. The van der Waals surface area contributed by atoms with Gasteiger partial charge in [0.25, 0.3) is 5.91 Å². The zero-order chi connectivity index (χ0) is 20.9. The first-order chi connectivity index (χ1) is 14.4. The number of piperidine rings is 1. The molecule has 0 aromatic heterocycles. The number of fused-ring (bicyclic) bond motifs is 1. The molecule has 30 heavy (non-hydrogen) atoms. The van der Waals surface area contributed by atoms with Crippen LogP contribution in [-0.2, 0) is 0 Å². The maximum Gasteiger partial charge on any atom is 0.258 e. The normalized spacial score (nSPS) is 23.6. The smallest absolute Gasteiger partial charge is 0.258 e. The van der Waals surface area contributed by atoms with E-state index in [2.05, 4.69) is 4.90 Å². The van der Waals surface area contributed by atoms with Gasteiger partial charge in [-0.15, -0.1) is 0 Å². The Morgan fingerprint density at radius 1 is 1.23 bits per heavy atom. The van der Waals surface area contributed by atoms with Crippen molar-refractivity contribution in [1.82, 2.24) is 9.80 Å². The summed E-state index contributed by atoms with van der Waals surface area (Å²) in [4.78, 5) is 17.8. The number of nitrogens with zero attached hydrogens (tertiary/aromatic N) is 2. The first kappa shape index (κ1) is 19.6. The van der Waals surface area contributed by atoms with E-state index in [-0.39, 0.29) is 23.9 Å². The number of halogens is 1. The molecule has 2 fully saturated rings. The summed E-state index contributed by atoms with van der Waals surface area (Å²) in [6.07, 6.45) is 6.28. The maximum absolute atomic E-state index is 14.0. The molecule has 1 saturated carbocycles. The van der Waals surface area contributed by atoms with Crippen molar-refractivity contribution < 1.29 is 18.7 Å². The van der Waals surface area contributed by atoms with E-state index in [1.807, 2.05) is 11.8 Å². The zero-order valence-corrected chi connectivity index (χ0v) is 17.7. The van der Waals surface area contributed by atoms with Crippen molar-refractivity contribution >= 4 is 5.91 Å². The van der Waals surface area contributed by atoms with Crippen molar-refractivity contribution in [3.05, 3.63) is 46.9 Å². The third-order valence-corrected chi connectivity index (χ3v) is 7.06. The minimum absolute atomic E-state index is 0.0644. The van der Waals surface area contributed by atoms with E-state index in [1.54, 1.807) is 24.3 Å². The first-order valence-electron chi connectivity index (χ1n) is 10.9. The first-order valence-corrected chi connectivity index (χ1v) is 10.9. The maximum atomic E-state index is 14.0. The number of carbonyl (C=O) groups is 1. The molecule has 160 valence electrons. The molecule has 3 aliphatic heterocycles. The minimum atomic E-state index is -0.207. The van der Waals surface area contributed by atoms with Crippen LogP contribution >= 0.6 is 0 Å². The number of amides is 1. The van der Waals surface area contributed by atoms with E-state index in [4.69, 9.17) is 9.47 Å². The highest BCUT2D eigenvalue weighted by atomic mass is 19.1. The Bertz CT molecular complexity index is 922. The number of rotatable bonds is 4. The molecule has 1 amide bonds. The average molecular weight is 413 g/mol. The molecule has 6 heteroatoms. The molecule has 1 aromatic rings. The molecule has 3 heterocycles. The molecular weight excluding hydrogens is 383 g/mol. The molecule has 0 N–H and O–H groups in total. The molecule has 5 nitrogen and oxygen atoms in total. The lowest BCUT2D eigenvalue weighted by Gasteiger charge is -2.40. The molecule has 0 radical (unpaired) electrons. The molecule has 1 aromatic carbocycles. The van der Waals surface area contributed by atoms with Gasteiger partial charge in [-0.25, -0.2) is 4.39 Å². The average Bonchev–Trinajstić information content (AvgIpc) is 3.36. The molecule has 1 aliphatic carbocycles. The van der Waals surface area contributed by atoms with Crippen LogP contribution in [0.4, 0.5) is 4.39 Å². The van der Waals surface area contributed by atoms with Crippen LogP contribution in [0.15, 0.2) is 41.4 Å². The van der Waals surface area contributed by atoms with Crippen molar-refractivity contribution in [1.29, 1.82) is 0 Å². The van der Waals surface area contributed by atoms with Gasteiger partial charge < -0.3 is 19.3 Å². The highest BCUT2D eigenvalue weighted by Crippen LogP contribution is 2.48. The van der Waals surface area contributed by atoms with Crippen molar-refractivity contribution in [2.75, 3.05) is 33.0 Å². The van der Waals surface area contributed by atoms with Gasteiger partial charge in [0, 0.05) is 29.8 Å². The van der Waals surface area contributed by atoms with Crippen LogP contribution in [0.2, 0.25) is 0 Å². The topological polar surface area (TPSA) is 42.0 Å². The van der Waals surface area contributed by atoms with Crippen LogP contribution in [0.1, 0.15) is 49.9 Å². The quantitative estimate of drug-likeness (QED) is 0.730. The fourth-order valence-corrected chi connectivity index (χ4v) is 5.16. The van der Waals surface area contributed by atoms with E-state index < -0.39 is 0 Å². The molecule has 0 bridgehead atoms. The Morgan fingerprint density at radius 2 is 1.97 bits per heavy atom. The summed E-state index contributed by atoms with van der Waals surface area (Å²) in [6, 6.07) is 5.31. The summed E-state index contributed by atoms with van der Waals surface area (Å²) < 4.78 is 24.8. The number of hydrogen-bond acceptors (Lipinski definition) is 4. The molecule has 0 unspecified atom stereocenters. The number of ether oxygens (including phenoxy) is 2. The standard InChI is InChI=1S/C24H29FN2O3/c1-16(25)11-20-17(2)27(23(28)19-5-6-21-22(12-19)30-15-29-21)14-24(20)7-9-26(10-8-24)13-18-3-4-18/h5-6,11-12,18H,3-4,7-10,13-15H2,1-2H3/b16-11+. The molecule has 5 rings (SSSR count). The van der Waals surface area contributed by atoms with Gasteiger partial charge in [0.1, 0.15) is 0 Å². The Hall–Kier alpha value is -2.34. The second-order valence-electron chi connectivity index (χ2n) is 9.21. The third-order valence-electron chi connectivity index (χ3n) is 7.06. The van der Waals surface area contributed by atoms with Gasteiger partial charge >= 0.3 is 0 Å². The van der Waals surface area contributed by atoms with Gasteiger partial charge in [0.15, 0.2) is 11.5 Å². The van der Waals surface area contributed by atoms with Crippen LogP contribution < -0.4 is 9.47 Å². The lowest BCUT2D eigenvalue weighted by atomic mass is 9.73. The van der Waals surface area contributed by atoms with Crippen LogP contribution in [0, 0.1) is 11.3 Å². The number of hydrogen-bond donors (Lipinski definition) is 0. The molecule has 1 spiro atoms. The minimum Gasteiger partial charge on any atom is -0.454 e. The number of carbonyl (C=O) groups excluding carboxylic acids is 1. The Balaban J connectivity index is 1.40. The largest absolute Gasteiger partial charge is 0.454 e. The van der Waals surface area contributed by atoms with Crippen LogP contribution in [0.25, 0.3) is 0 Å². The van der Waals surface area contributed by atoms with Gasteiger partial charge in [0.05, 0.1) is 5.83 Å². The van der Waals surface area contributed by atoms with Crippen molar-refractivity contribution in [2.24, 2.45) is 11.3 Å².